The van der Waals surface area contributed by atoms with Crippen molar-refractivity contribution in [2.75, 3.05) is 26.8 Å². The van der Waals surface area contributed by atoms with Crippen molar-refractivity contribution < 1.29 is 23.0 Å². The lowest BCUT2D eigenvalue weighted by Crippen LogP contribution is -2.40. The fourth-order valence-electron chi connectivity index (χ4n) is 4.11. The van der Waals surface area contributed by atoms with Crippen LogP contribution in [-0.2, 0) is 4.74 Å². The molecule has 1 aliphatic heterocycles. The number of carbonyl (C=O) groups excluding carboxylic acids is 1. The van der Waals surface area contributed by atoms with E-state index in [1.807, 2.05) is 11.8 Å². The van der Waals surface area contributed by atoms with Crippen LogP contribution in [0.25, 0.3) is 5.69 Å². The highest BCUT2D eigenvalue weighted by Gasteiger charge is 2.31. The van der Waals surface area contributed by atoms with Crippen LogP contribution in [0.3, 0.4) is 0 Å². The summed E-state index contributed by atoms with van der Waals surface area (Å²) in [7, 11) is 1.69. The van der Waals surface area contributed by atoms with Gasteiger partial charge in [-0.15, -0.1) is 0 Å². The van der Waals surface area contributed by atoms with E-state index in [9.17, 15) is 13.6 Å². The second kappa shape index (κ2) is 9.95. The number of nitrogens with one attached hydrogen (secondary N) is 1. The van der Waals surface area contributed by atoms with Gasteiger partial charge in [-0.05, 0) is 45.7 Å². The zero-order valence-electron chi connectivity index (χ0n) is 19.3. The van der Waals surface area contributed by atoms with Crippen LogP contribution in [-0.4, -0.2) is 65.6 Å². The summed E-state index contributed by atoms with van der Waals surface area (Å²) in [4.78, 5) is 15.1. The minimum atomic E-state index is -3.28. The van der Waals surface area contributed by atoms with Gasteiger partial charge in [-0.25, -0.2) is 4.68 Å². The molecule has 0 bridgehead atoms. The molecule has 1 saturated heterocycles. The second-order valence-electron chi connectivity index (χ2n) is 8.45. The van der Waals surface area contributed by atoms with E-state index in [4.69, 9.17) is 4.74 Å². The maximum atomic E-state index is 13.3. The average Bonchev–Trinajstić information content (AvgIpc) is 3.29. The number of aryl methyl sites for hydroxylation is 1. The number of aromatic nitrogens is 2. The molecule has 0 radical (unpaired) electrons. The van der Waals surface area contributed by atoms with Gasteiger partial charge in [0.15, 0.2) is 0 Å². The van der Waals surface area contributed by atoms with Crippen LogP contribution >= 0.6 is 0 Å². The van der Waals surface area contributed by atoms with Crippen molar-refractivity contribution >= 4 is 5.91 Å². The summed E-state index contributed by atoms with van der Waals surface area (Å²) in [6.07, 6.45) is -1.48. The van der Waals surface area contributed by atoms with E-state index in [0.717, 1.165) is 12.8 Å². The molecule has 1 aromatic heterocycles. The van der Waals surface area contributed by atoms with Gasteiger partial charge in [0.25, 0.3) is 5.91 Å². The summed E-state index contributed by atoms with van der Waals surface area (Å²) in [6.45, 7) is 8.42. The number of carbonyl (C=O) groups is 1. The van der Waals surface area contributed by atoms with Gasteiger partial charge in [0.1, 0.15) is 5.75 Å². The molecule has 9 heteroatoms. The predicted molar refractivity (Wildman–Crippen MR) is 118 cm³/mol. The number of ether oxygens (including phenoxy) is 2. The Kier molecular flexibility index (Phi) is 7.51. The van der Waals surface area contributed by atoms with E-state index >= 15 is 0 Å². The molecule has 0 spiro atoms. The van der Waals surface area contributed by atoms with Crippen molar-refractivity contribution in [1.29, 1.82) is 0 Å². The average molecular weight is 451 g/mol. The van der Waals surface area contributed by atoms with Gasteiger partial charge < -0.3 is 19.7 Å². The molecule has 2 unspecified atom stereocenters. The van der Waals surface area contributed by atoms with E-state index in [-0.39, 0.29) is 17.7 Å². The lowest BCUT2D eigenvalue weighted by Gasteiger charge is -2.20. The molecule has 7 nitrogen and oxygen atoms in total. The Morgan fingerprint density at radius 1 is 1.38 bits per heavy atom. The Morgan fingerprint density at radius 2 is 2.12 bits per heavy atom. The number of benzene rings is 1. The fraction of sp³-hybridized carbons (Fsp3) is 0.565. The van der Waals surface area contributed by atoms with E-state index in [1.165, 1.54) is 12.1 Å². The first-order chi connectivity index (χ1) is 15.1. The van der Waals surface area contributed by atoms with Crippen molar-refractivity contribution in [2.45, 2.75) is 58.7 Å². The molecule has 1 fully saturated rings. The third-order valence-electron chi connectivity index (χ3n) is 5.62. The molecule has 0 aliphatic carbocycles. The van der Waals surface area contributed by atoms with Crippen LogP contribution in [0.5, 0.6) is 5.75 Å². The number of methoxy groups -OCH3 is 1. The number of alkyl halides is 2. The predicted octanol–water partition coefficient (Wildman–Crippen LogP) is 3.71. The van der Waals surface area contributed by atoms with Crippen LogP contribution in [0.2, 0.25) is 0 Å². The van der Waals surface area contributed by atoms with E-state index in [1.54, 1.807) is 30.8 Å². The van der Waals surface area contributed by atoms with Crippen LogP contribution in [0.1, 0.15) is 48.4 Å². The lowest BCUT2D eigenvalue weighted by molar-refractivity contribution is -0.158. The minimum absolute atomic E-state index is 0.0338. The highest BCUT2D eigenvalue weighted by Crippen LogP contribution is 2.26. The number of likely N-dealkylation sites (tertiary alicyclic amines) is 1. The van der Waals surface area contributed by atoms with Crippen molar-refractivity contribution in [3.05, 3.63) is 41.2 Å². The standard InChI is InChI=1S/C23H32F2N4O3/c1-15(10-12-31-5)26-18-9-11-28(14-18)22(30)21-16(2)27-29(17(21)3)19-7-6-8-20(13-19)32-23(4,24)25/h6-8,13,15,18,26H,9-12,14H2,1-5H3. The molecule has 2 aromatic rings. The van der Waals surface area contributed by atoms with Crippen LogP contribution in [0.4, 0.5) is 8.78 Å². The van der Waals surface area contributed by atoms with Gasteiger partial charge in [0.05, 0.1) is 22.6 Å². The van der Waals surface area contributed by atoms with Crippen molar-refractivity contribution in [3.63, 3.8) is 0 Å². The first-order valence-electron chi connectivity index (χ1n) is 10.9. The Balaban J connectivity index is 1.74. The molecule has 176 valence electrons. The normalized spacial score (nSPS) is 17.6. The summed E-state index contributed by atoms with van der Waals surface area (Å²) in [6, 6.07) is 6.87. The highest BCUT2D eigenvalue weighted by molar-refractivity contribution is 5.96. The Hall–Kier alpha value is -2.52. The van der Waals surface area contributed by atoms with Crippen molar-refractivity contribution in [2.24, 2.45) is 0 Å². The fourth-order valence-corrected chi connectivity index (χ4v) is 4.11. The largest absolute Gasteiger partial charge is 0.433 e. The van der Waals surface area contributed by atoms with Gasteiger partial charge in [-0.2, -0.15) is 13.9 Å². The number of nitrogens with zero attached hydrogens (tertiary/aromatic N) is 3. The topological polar surface area (TPSA) is 68.6 Å². The Bertz CT molecular complexity index is 942. The maximum absolute atomic E-state index is 13.3. The Morgan fingerprint density at radius 3 is 2.81 bits per heavy atom. The highest BCUT2D eigenvalue weighted by atomic mass is 19.3. The molecule has 1 aromatic carbocycles. The van der Waals surface area contributed by atoms with Gasteiger partial charge in [0.2, 0.25) is 0 Å². The smallest absolute Gasteiger partial charge is 0.394 e. The van der Waals surface area contributed by atoms with Crippen molar-refractivity contribution in [1.82, 2.24) is 20.0 Å². The summed E-state index contributed by atoms with van der Waals surface area (Å²) in [5.41, 5.74) is 2.37. The monoisotopic (exact) mass is 450 g/mol. The molecule has 0 saturated carbocycles. The molecular weight excluding hydrogens is 418 g/mol. The van der Waals surface area contributed by atoms with Gasteiger partial charge in [-0.3, -0.25) is 4.79 Å². The van der Waals surface area contributed by atoms with Crippen LogP contribution in [0, 0.1) is 13.8 Å². The third kappa shape index (κ3) is 5.83. The lowest BCUT2D eigenvalue weighted by atomic mass is 10.1. The minimum Gasteiger partial charge on any atom is -0.433 e. The molecule has 2 heterocycles. The molecule has 3 rings (SSSR count). The maximum Gasteiger partial charge on any atom is 0.394 e. The summed E-state index contributed by atoms with van der Waals surface area (Å²) in [5.74, 6) is -0.0286. The molecule has 1 amide bonds. The molecule has 32 heavy (non-hydrogen) atoms. The quantitative estimate of drug-likeness (QED) is 0.631. The van der Waals surface area contributed by atoms with Crippen LogP contribution < -0.4 is 10.1 Å². The number of halogens is 2. The summed E-state index contributed by atoms with van der Waals surface area (Å²) >= 11 is 0. The van der Waals surface area contributed by atoms with Gasteiger partial charge in [0, 0.05) is 51.9 Å². The van der Waals surface area contributed by atoms with Crippen LogP contribution in [0.15, 0.2) is 24.3 Å². The van der Waals surface area contributed by atoms with Crippen molar-refractivity contribution in [3.8, 4) is 11.4 Å². The Labute approximate surface area is 187 Å². The second-order valence-corrected chi connectivity index (χ2v) is 8.45. The molecular formula is C23H32F2N4O3. The molecule has 1 N–H and O–H groups in total. The summed E-state index contributed by atoms with van der Waals surface area (Å²) in [5, 5.41) is 8.07. The third-order valence-corrected chi connectivity index (χ3v) is 5.62. The zero-order valence-corrected chi connectivity index (χ0v) is 19.3. The van der Waals surface area contributed by atoms with Gasteiger partial charge >= 0.3 is 6.11 Å². The number of hydrogen-bond acceptors (Lipinski definition) is 5. The number of amides is 1. The molecule has 1 aliphatic rings. The van der Waals surface area contributed by atoms with E-state index in [2.05, 4.69) is 22.1 Å². The SMILES string of the molecule is COCCC(C)NC1CCN(C(=O)c2c(C)nn(-c3cccc(OC(C)(F)F)c3)c2C)C1. The van der Waals surface area contributed by atoms with Gasteiger partial charge in [-0.1, -0.05) is 6.07 Å². The van der Waals surface area contributed by atoms with E-state index < -0.39 is 6.11 Å². The zero-order chi connectivity index (χ0) is 23.5. The first-order valence-corrected chi connectivity index (χ1v) is 10.9. The number of hydrogen-bond donors (Lipinski definition) is 1. The molecule has 2 atom stereocenters. The first kappa shape index (κ1) is 24.1. The number of rotatable bonds is 9. The summed E-state index contributed by atoms with van der Waals surface area (Å²) < 4.78 is 37.9. The van der Waals surface area contributed by atoms with E-state index in [0.29, 0.717) is 55.3 Å².